The normalized spacial score (nSPS) is 12.3. The van der Waals surface area contributed by atoms with Gasteiger partial charge in [-0.05, 0) is 62.2 Å². The Morgan fingerprint density at radius 1 is 1.07 bits per heavy atom. The van der Waals surface area contributed by atoms with Crippen molar-refractivity contribution in [2.24, 2.45) is 0 Å². The van der Waals surface area contributed by atoms with Crippen LogP contribution in [0.2, 0.25) is 0 Å². The smallest absolute Gasteiger partial charge is 0.246 e. The van der Waals surface area contributed by atoms with Crippen molar-refractivity contribution in [1.29, 1.82) is 0 Å². The van der Waals surface area contributed by atoms with Gasteiger partial charge in [-0.3, -0.25) is 4.79 Å². The van der Waals surface area contributed by atoms with E-state index in [9.17, 15) is 9.18 Å². The van der Waals surface area contributed by atoms with Gasteiger partial charge in [0.05, 0.1) is 19.3 Å². The van der Waals surface area contributed by atoms with E-state index in [2.05, 4.69) is 0 Å². The first-order valence-corrected chi connectivity index (χ1v) is 8.87. The molecule has 0 saturated heterocycles. The summed E-state index contributed by atoms with van der Waals surface area (Å²) in [7, 11) is 3.31. The van der Waals surface area contributed by atoms with Crippen molar-refractivity contribution in [1.82, 2.24) is 4.90 Å². The first-order chi connectivity index (χ1) is 12.8. The van der Waals surface area contributed by atoms with Crippen molar-refractivity contribution in [2.45, 2.75) is 32.9 Å². The van der Waals surface area contributed by atoms with E-state index >= 15 is 0 Å². The van der Waals surface area contributed by atoms with E-state index in [1.807, 2.05) is 39.0 Å². The van der Waals surface area contributed by atoms with Crippen LogP contribution >= 0.6 is 0 Å². The number of nitrogens with zero attached hydrogens (tertiary/aromatic N) is 1. The number of hydrogen-bond acceptors (Lipinski definition) is 3. The van der Waals surface area contributed by atoms with Crippen molar-refractivity contribution in [3.05, 3.63) is 65.5 Å². The highest BCUT2D eigenvalue weighted by atomic mass is 19.1. The number of amides is 1. The topological polar surface area (TPSA) is 38.8 Å². The minimum atomic E-state index is -0.293. The summed E-state index contributed by atoms with van der Waals surface area (Å²) in [4.78, 5) is 14.1. The number of halogens is 1. The van der Waals surface area contributed by atoms with Crippen LogP contribution in [0.5, 0.6) is 11.5 Å². The van der Waals surface area contributed by atoms with Gasteiger partial charge in [-0.1, -0.05) is 18.2 Å². The molecule has 1 unspecified atom stereocenters. The summed E-state index contributed by atoms with van der Waals surface area (Å²) >= 11 is 0. The molecule has 0 saturated carbocycles. The highest BCUT2D eigenvalue weighted by Crippen LogP contribution is 2.29. The predicted molar refractivity (Wildman–Crippen MR) is 105 cm³/mol. The summed E-state index contributed by atoms with van der Waals surface area (Å²) in [5.41, 5.74) is 1.71. The Labute approximate surface area is 160 Å². The second kappa shape index (κ2) is 9.21. The molecule has 0 aliphatic heterocycles. The van der Waals surface area contributed by atoms with Crippen molar-refractivity contribution in [3.63, 3.8) is 0 Å². The zero-order chi connectivity index (χ0) is 20.0. The summed E-state index contributed by atoms with van der Waals surface area (Å²) in [6.45, 7) is 5.80. The van der Waals surface area contributed by atoms with Gasteiger partial charge in [0.1, 0.15) is 5.82 Å². The number of rotatable bonds is 7. The number of carbonyl (C=O) groups is 1. The average Bonchev–Trinajstić information content (AvgIpc) is 2.65. The number of benzene rings is 2. The van der Waals surface area contributed by atoms with Crippen molar-refractivity contribution in [2.75, 3.05) is 14.2 Å². The number of hydrogen-bond donors (Lipinski definition) is 0. The summed E-state index contributed by atoms with van der Waals surface area (Å²) in [5.74, 6) is 0.844. The van der Waals surface area contributed by atoms with E-state index in [1.165, 1.54) is 18.2 Å². The standard InChI is InChI=1S/C22H26FNO3/c1-15(2)27-20-12-6-17(14-21(20)26-5)7-13-22(25)24(4)16(3)18-8-10-19(23)11-9-18/h6-16H,1-5H3/b13-7+. The van der Waals surface area contributed by atoms with E-state index in [4.69, 9.17) is 9.47 Å². The van der Waals surface area contributed by atoms with Crippen LogP contribution in [0.1, 0.15) is 37.9 Å². The lowest BCUT2D eigenvalue weighted by atomic mass is 10.1. The summed E-state index contributed by atoms with van der Waals surface area (Å²) in [6.07, 6.45) is 3.29. The molecule has 144 valence electrons. The lowest BCUT2D eigenvalue weighted by Gasteiger charge is -2.24. The van der Waals surface area contributed by atoms with Crippen LogP contribution in [-0.2, 0) is 4.79 Å². The zero-order valence-corrected chi connectivity index (χ0v) is 16.4. The van der Waals surface area contributed by atoms with Crippen LogP contribution in [-0.4, -0.2) is 31.1 Å². The van der Waals surface area contributed by atoms with Crippen LogP contribution in [0.25, 0.3) is 6.08 Å². The van der Waals surface area contributed by atoms with Crippen molar-refractivity contribution >= 4 is 12.0 Å². The lowest BCUT2D eigenvalue weighted by molar-refractivity contribution is -0.126. The van der Waals surface area contributed by atoms with Crippen molar-refractivity contribution < 1.29 is 18.7 Å². The molecule has 0 heterocycles. The Kier molecular flexibility index (Phi) is 6.99. The first kappa shape index (κ1) is 20.5. The molecule has 0 aliphatic rings. The summed E-state index contributed by atoms with van der Waals surface area (Å²) in [6, 6.07) is 11.5. The van der Waals surface area contributed by atoms with Crippen LogP contribution in [0.4, 0.5) is 4.39 Å². The molecule has 2 aromatic rings. The van der Waals surface area contributed by atoms with Gasteiger partial charge in [0.2, 0.25) is 5.91 Å². The molecule has 0 aromatic heterocycles. The summed E-state index contributed by atoms with van der Waals surface area (Å²) in [5, 5.41) is 0. The maximum atomic E-state index is 13.1. The molecule has 0 N–H and O–H groups in total. The summed E-state index contributed by atoms with van der Waals surface area (Å²) < 4.78 is 24.1. The molecule has 2 aromatic carbocycles. The Bertz CT molecular complexity index is 800. The molecule has 27 heavy (non-hydrogen) atoms. The molecule has 5 heteroatoms. The molecule has 4 nitrogen and oxygen atoms in total. The monoisotopic (exact) mass is 371 g/mol. The third-order valence-corrected chi connectivity index (χ3v) is 4.25. The molecular formula is C22H26FNO3. The van der Waals surface area contributed by atoms with Gasteiger partial charge >= 0.3 is 0 Å². The van der Waals surface area contributed by atoms with E-state index in [0.29, 0.717) is 11.5 Å². The molecule has 1 atom stereocenters. The first-order valence-electron chi connectivity index (χ1n) is 8.87. The van der Waals surface area contributed by atoms with Crippen molar-refractivity contribution in [3.8, 4) is 11.5 Å². The quantitative estimate of drug-likeness (QED) is 0.653. The van der Waals surface area contributed by atoms with Gasteiger partial charge in [0.15, 0.2) is 11.5 Å². The van der Waals surface area contributed by atoms with E-state index in [1.54, 1.807) is 37.3 Å². The molecule has 0 bridgehead atoms. The lowest BCUT2D eigenvalue weighted by Crippen LogP contribution is -2.27. The Morgan fingerprint density at radius 3 is 2.33 bits per heavy atom. The van der Waals surface area contributed by atoms with Crippen LogP contribution < -0.4 is 9.47 Å². The Morgan fingerprint density at radius 2 is 1.74 bits per heavy atom. The predicted octanol–water partition coefficient (Wildman–Crippen LogP) is 4.85. The number of methoxy groups -OCH3 is 1. The van der Waals surface area contributed by atoms with Crippen LogP contribution in [0, 0.1) is 5.82 Å². The largest absolute Gasteiger partial charge is 0.493 e. The molecule has 0 spiro atoms. The second-order valence-corrected chi connectivity index (χ2v) is 6.59. The second-order valence-electron chi connectivity index (χ2n) is 6.59. The zero-order valence-electron chi connectivity index (χ0n) is 16.4. The molecule has 0 fully saturated rings. The SMILES string of the molecule is COc1cc(/C=C/C(=O)N(C)C(C)c2ccc(F)cc2)ccc1OC(C)C. The number of carbonyl (C=O) groups excluding carboxylic acids is 1. The third-order valence-electron chi connectivity index (χ3n) is 4.25. The highest BCUT2D eigenvalue weighted by Gasteiger charge is 2.15. The van der Waals surface area contributed by atoms with Gasteiger partial charge in [-0.15, -0.1) is 0 Å². The fourth-order valence-corrected chi connectivity index (χ4v) is 2.58. The molecule has 0 aliphatic carbocycles. The van der Waals surface area contributed by atoms with E-state index in [0.717, 1.165) is 11.1 Å². The van der Waals surface area contributed by atoms with Crippen LogP contribution in [0.3, 0.4) is 0 Å². The molecule has 0 radical (unpaired) electrons. The Hall–Kier alpha value is -2.82. The van der Waals surface area contributed by atoms with Gasteiger partial charge < -0.3 is 14.4 Å². The minimum absolute atomic E-state index is 0.0449. The van der Waals surface area contributed by atoms with E-state index in [-0.39, 0.29) is 23.9 Å². The molecular weight excluding hydrogens is 345 g/mol. The van der Waals surface area contributed by atoms with Gasteiger partial charge in [0, 0.05) is 13.1 Å². The Balaban J connectivity index is 2.09. The van der Waals surface area contributed by atoms with Gasteiger partial charge in [-0.25, -0.2) is 4.39 Å². The highest BCUT2D eigenvalue weighted by molar-refractivity contribution is 5.92. The maximum Gasteiger partial charge on any atom is 0.246 e. The minimum Gasteiger partial charge on any atom is -0.493 e. The number of ether oxygens (including phenoxy) is 2. The fourth-order valence-electron chi connectivity index (χ4n) is 2.58. The number of likely N-dealkylation sites (N-methyl/N-ethyl adjacent to an activating group) is 1. The van der Waals surface area contributed by atoms with Gasteiger partial charge in [-0.2, -0.15) is 0 Å². The fraction of sp³-hybridized carbons (Fsp3) is 0.318. The average molecular weight is 371 g/mol. The van der Waals surface area contributed by atoms with Gasteiger partial charge in [0.25, 0.3) is 0 Å². The van der Waals surface area contributed by atoms with E-state index < -0.39 is 0 Å². The maximum absolute atomic E-state index is 13.1. The third kappa shape index (κ3) is 5.58. The molecule has 1 amide bonds. The van der Waals surface area contributed by atoms with Crippen LogP contribution in [0.15, 0.2) is 48.5 Å². The molecule has 2 rings (SSSR count).